The predicted octanol–water partition coefficient (Wildman–Crippen LogP) is 2.83. The topological polar surface area (TPSA) is 106 Å². The van der Waals surface area contributed by atoms with Crippen molar-refractivity contribution in [3.05, 3.63) is 74.8 Å². The maximum absolute atomic E-state index is 12.0. The fourth-order valence-corrected chi connectivity index (χ4v) is 3.51. The van der Waals surface area contributed by atoms with Crippen LogP contribution in [0.15, 0.2) is 48.5 Å². The Morgan fingerprint density at radius 3 is 2.40 bits per heavy atom. The van der Waals surface area contributed by atoms with E-state index in [4.69, 9.17) is 11.6 Å². The second kappa shape index (κ2) is 8.09. The summed E-state index contributed by atoms with van der Waals surface area (Å²) in [4.78, 5) is 21.8. The Hall–Kier alpha value is -2.45. The van der Waals surface area contributed by atoms with Gasteiger partial charge in [0, 0.05) is 23.6 Å². The van der Waals surface area contributed by atoms with Crippen molar-refractivity contribution >= 4 is 33.2 Å². The number of carbonyl (C=O) groups is 1. The number of nitro groups is 1. The number of amides is 1. The van der Waals surface area contributed by atoms with Crippen LogP contribution >= 0.6 is 11.6 Å². The molecule has 0 saturated heterocycles. The third kappa shape index (κ3) is 6.17. The molecule has 0 aromatic heterocycles. The Morgan fingerprint density at radius 2 is 1.80 bits per heavy atom. The molecule has 0 unspecified atom stereocenters. The summed E-state index contributed by atoms with van der Waals surface area (Å²) in [5.74, 6) is -1.06. The Bertz CT molecular complexity index is 882. The maximum atomic E-state index is 12.0. The zero-order valence-electron chi connectivity index (χ0n) is 13.0. The van der Waals surface area contributed by atoms with E-state index in [1.54, 1.807) is 24.3 Å². The number of sulfonamides is 1. The summed E-state index contributed by atoms with van der Waals surface area (Å²) >= 11 is 5.85. The molecule has 2 aromatic rings. The molecule has 132 valence electrons. The van der Waals surface area contributed by atoms with Crippen LogP contribution in [-0.2, 0) is 27.0 Å². The van der Waals surface area contributed by atoms with E-state index in [2.05, 4.69) is 0 Å². The molecule has 2 rings (SSSR count). The van der Waals surface area contributed by atoms with Gasteiger partial charge in [0.15, 0.2) is 0 Å². The van der Waals surface area contributed by atoms with Crippen molar-refractivity contribution in [1.29, 1.82) is 0 Å². The quantitative estimate of drug-likeness (QED) is 0.585. The largest absolute Gasteiger partial charge is 0.274 e. The van der Waals surface area contributed by atoms with E-state index >= 15 is 0 Å². The molecule has 1 amide bonds. The van der Waals surface area contributed by atoms with Gasteiger partial charge in [-0.25, -0.2) is 8.42 Å². The standard InChI is InChI=1S/C16H15ClN2O5S/c17-14-3-1-2-12(10-14)6-9-16(20)18-25(23,24)11-13-4-7-15(8-5-13)19(21)22/h1-5,7-8,10H,6,9,11H2,(H,18,20). The van der Waals surface area contributed by atoms with E-state index in [-0.39, 0.29) is 12.1 Å². The van der Waals surface area contributed by atoms with Gasteiger partial charge in [-0.2, -0.15) is 0 Å². The smallest absolute Gasteiger partial charge is 0.269 e. The minimum atomic E-state index is -3.87. The van der Waals surface area contributed by atoms with Crippen LogP contribution in [0.1, 0.15) is 17.5 Å². The molecular weight excluding hydrogens is 368 g/mol. The minimum absolute atomic E-state index is 0.000165. The number of hydrogen-bond donors (Lipinski definition) is 1. The molecule has 2 aromatic carbocycles. The maximum Gasteiger partial charge on any atom is 0.269 e. The predicted molar refractivity (Wildman–Crippen MR) is 93.6 cm³/mol. The number of benzene rings is 2. The Labute approximate surface area is 149 Å². The first-order chi connectivity index (χ1) is 11.7. The number of hydrogen-bond acceptors (Lipinski definition) is 5. The second-order valence-corrected chi connectivity index (χ2v) is 7.50. The highest BCUT2D eigenvalue weighted by molar-refractivity contribution is 7.89. The Kier molecular flexibility index (Phi) is 6.11. The molecule has 1 N–H and O–H groups in total. The molecule has 0 aliphatic carbocycles. The van der Waals surface area contributed by atoms with E-state index < -0.39 is 26.6 Å². The van der Waals surface area contributed by atoms with E-state index in [0.29, 0.717) is 17.0 Å². The number of non-ortho nitro benzene ring substituents is 1. The van der Waals surface area contributed by atoms with Crippen LogP contribution in [0.4, 0.5) is 5.69 Å². The highest BCUT2D eigenvalue weighted by Crippen LogP contribution is 2.14. The molecule has 0 aliphatic heterocycles. The van der Waals surface area contributed by atoms with Crippen molar-refractivity contribution in [1.82, 2.24) is 4.72 Å². The zero-order valence-corrected chi connectivity index (χ0v) is 14.6. The number of halogens is 1. The van der Waals surface area contributed by atoms with Gasteiger partial charge in [-0.1, -0.05) is 35.9 Å². The van der Waals surface area contributed by atoms with Crippen LogP contribution < -0.4 is 4.72 Å². The van der Waals surface area contributed by atoms with Crippen molar-refractivity contribution < 1.29 is 18.1 Å². The molecule has 25 heavy (non-hydrogen) atoms. The van der Waals surface area contributed by atoms with E-state index in [1.807, 2.05) is 4.72 Å². The lowest BCUT2D eigenvalue weighted by Gasteiger charge is -2.07. The monoisotopic (exact) mass is 382 g/mol. The van der Waals surface area contributed by atoms with Crippen molar-refractivity contribution in [2.75, 3.05) is 0 Å². The second-order valence-electron chi connectivity index (χ2n) is 5.34. The summed E-state index contributed by atoms with van der Waals surface area (Å²) in [6.45, 7) is 0. The zero-order chi connectivity index (χ0) is 18.4. The summed E-state index contributed by atoms with van der Waals surface area (Å²) in [6.07, 6.45) is 0.360. The molecule has 7 nitrogen and oxygen atoms in total. The van der Waals surface area contributed by atoms with Crippen LogP contribution in [0.5, 0.6) is 0 Å². The average molecular weight is 383 g/mol. The number of carbonyl (C=O) groups excluding carboxylic acids is 1. The van der Waals surface area contributed by atoms with Gasteiger partial charge in [0.25, 0.3) is 5.69 Å². The molecule has 0 heterocycles. The summed E-state index contributed by atoms with van der Waals surface area (Å²) in [5, 5.41) is 11.1. The molecule has 0 saturated carbocycles. The van der Waals surface area contributed by atoms with Crippen LogP contribution in [0.3, 0.4) is 0 Å². The van der Waals surface area contributed by atoms with Gasteiger partial charge in [-0.15, -0.1) is 0 Å². The summed E-state index contributed by atoms with van der Waals surface area (Å²) in [7, 11) is -3.87. The number of nitrogens with one attached hydrogen (secondary N) is 1. The summed E-state index contributed by atoms with van der Waals surface area (Å²) in [6, 6.07) is 12.1. The molecule has 0 spiro atoms. The van der Waals surface area contributed by atoms with Crippen molar-refractivity contribution in [2.24, 2.45) is 0 Å². The van der Waals surface area contributed by atoms with Crippen LogP contribution in [0, 0.1) is 10.1 Å². The molecule has 0 atom stereocenters. The SMILES string of the molecule is O=C(CCc1cccc(Cl)c1)NS(=O)(=O)Cc1ccc([N+](=O)[O-])cc1. The van der Waals surface area contributed by atoms with Gasteiger partial charge in [0.1, 0.15) is 0 Å². The summed E-state index contributed by atoms with van der Waals surface area (Å²) < 4.78 is 26.0. The van der Waals surface area contributed by atoms with E-state index in [1.165, 1.54) is 24.3 Å². The lowest BCUT2D eigenvalue weighted by atomic mass is 10.1. The molecule has 0 bridgehead atoms. The van der Waals surface area contributed by atoms with Crippen LogP contribution in [0.25, 0.3) is 0 Å². The fraction of sp³-hybridized carbons (Fsp3) is 0.188. The van der Waals surface area contributed by atoms with Gasteiger partial charge in [-0.3, -0.25) is 19.6 Å². The van der Waals surface area contributed by atoms with Gasteiger partial charge in [0.05, 0.1) is 10.7 Å². The first kappa shape index (κ1) is 18.9. The van der Waals surface area contributed by atoms with Gasteiger partial charge < -0.3 is 0 Å². The van der Waals surface area contributed by atoms with E-state index in [0.717, 1.165) is 5.56 Å². The first-order valence-electron chi connectivity index (χ1n) is 7.26. The number of rotatable bonds is 7. The first-order valence-corrected chi connectivity index (χ1v) is 9.29. The normalized spacial score (nSPS) is 11.1. The molecular formula is C16H15ClN2O5S. The minimum Gasteiger partial charge on any atom is -0.274 e. The summed E-state index contributed by atoms with van der Waals surface area (Å²) in [5.41, 5.74) is 1.04. The van der Waals surface area contributed by atoms with Gasteiger partial charge in [0.2, 0.25) is 15.9 Å². The third-order valence-corrected chi connectivity index (χ3v) is 4.79. The van der Waals surface area contributed by atoms with Crippen LogP contribution in [0.2, 0.25) is 5.02 Å². The van der Waals surface area contributed by atoms with Gasteiger partial charge in [-0.05, 0) is 29.7 Å². The van der Waals surface area contributed by atoms with Crippen LogP contribution in [-0.4, -0.2) is 19.2 Å². The molecule has 0 fully saturated rings. The number of aryl methyl sites for hydroxylation is 1. The lowest BCUT2D eigenvalue weighted by molar-refractivity contribution is -0.384. The number of nitro benzene ring substituents is 1. The van der Waals surface area contributed by atoms with E-state index in [9.17, 15) is 23.3 Å². The van der Waals surface area contributed by atoms with Crippen molar-refractivity contribution in [3.8, 4) is 0 Å². The Balaban J connectivity index is 1.91. The molecule has 9 heteroatoms. The van der Waals surface area contributed by atoms with Gasteiger partial charge >= 0.3 is 0 Å². The van der Waals surface area contributed by atoms with Crippen molar-refractivity contribution in [2.45, 2.75) is 18.6 Å². The third-order valence-electron chi connectivity index (χ3n) is 3.30. The van der Waals surface area contributed by atoms with Crippen molar-refractivity contribution in [3.63, 3.8) is 0 Å². The highest BCUT2D eigenvalue weighted by atomic mass is 35.5. The highest BCUT2D eigenvalue weighted by Gasteiger charge is 2.16. The molecule has 0 radical (unpaired) electrons. The fourth-order valence-electron chi connectivity index (χ4n) is 2.14. The average Bonchev–Trinajstić information content (AvgIpc) is 2.52. The molecule has 0 aliphatic rings. The Morgan fingerprint density at radius 1 is 1.12 bits per heavy atom. The lowest BCUT2D eigenvalue weighted by Crippen LogP contribution is -2.31. The number of nitrogens with zero attached hydrogens (tertiary/aromatic N) is 1.